The molecule has 0 aromatic carbocycles. The molecule has 13 heteroatoms. The number of carbonyl (C=O) groups excluding carboxylic acids is 4. The zero-order valence-electron chi connectivity index (χ0n) is 21.9. The second-order valence-corrected chi connectivity index (χ2v) is 9.27. The van der Waals surface area contributed by atoms with E-state index in [0.29, 0.717) is 32.7 Å². The molecule has 2 fully saturated rings. The quantitative estimate of drug-likeness (QED) is 0.346. The van der Waals surface area contributed by atoms with Crippen LogP contribution in [0.2, 0.25) is 0 Å². The largest absolute Gasteiger partial charge is 0.480 e. The maximum atomic E-state index is 13.7. The van der Waals surface area contributed by atoms with E-state index in [-0.39, 0.29) is 25.4 Å². The van der Waals surface area contributed by atoms with Gasteiger partial charge in [-0.05, 0) is 25.1 Å². The van der Waals surface area contributed by atoms with Crippen LogP contribution < -0.4 is 10.2 Å². The Morgan fingerprint density at radius 2 is 1.79 bits per heavy atom. The van der Waals surface area contributed by atoms with Gasteiger partial charge >= 0.3 is 11.9 Å². The molecule has 3 heterocycles. The number of piperazine rings is 2. The number of carboxylic acid groups (broad SMARTS) is 1. The lowest BCUT2D eigenvalue weighted by atomic mass is 10.0. The van der Waals surface area contributed by atoms with E-state index in [1.165, 1.54) is 12.0 Å². The van der Waals surface area contributed by atoms with Gasteiger partial charge in [0.15, 0.2) is 0 Å². The van der Waals surface area contributed by atoms with E-state index >= 15 is 0 Å². The Kier molecular flexibility index (Phi) is 10.4. The van der Waals surface area contributed by atoms with Crippen LogP contribution in [0.15, 0.2) is 24.5 Å². The van der Waals surface area contributed by atoms with Crippen molar-refractivity contribution in [1.82, 2.24) is 25.0 Å². The molecule has 3 amide bonds. The SMILES string of the molecule is CCCN[C@H](CC(=O)N1CCN(c2ccncc2)CC1)C(=O)N1CCN(CC(=O)O)C(=O)[C@@H]1CC(=O)OC. The zero-order chi connectivity index (χ0) is 27.7. The van der Waals surface area contributed by atoms with Crippen LogP contribution in [0, 0.1) is 0 Å². The summed E-state index contributed by atoms with van der Waals surface area (Å²) in [7, 11) is 1.18. The third kappa shape index (κ3) is 7.40. The van der Waals surface area contributed by atoms with Gasteiger partial charge in [0.2, 0.25) is 17.7 Å². The molecule has 38 heavy (non-hydrogen) atoms. The lowest BCUT2D eigenvalue weighted by Gasteiger charge is -2.41. The van der Waals surface area contributed by atoms with E-state index in [0.717, 1.165) is 17.0 Å². The number of aromatic nitrogens is 1. The molecular weight excluding hydrogens is 496 g/mol. The van der Waals surface area contributed by atoms with E-state index in [1.807, 2.05) is 19.1 Å². The number of ether oxygens (including phenoxy) is 1. The van der Waals surface area contributed by atoms with Crippen LogP contribution in [0.5, 0.6) is 0 Å². The van der Waals surface area contributed by atoms with Gasteiger partial charge < -0.3 is 34.8 Å². The average molecular weight is 533 g/mol. The second-order valence-electron chi connectivity index (χ2n) is 9.27. The summed E-state index contributed by atoms with van der Waals surface area (Å²) in [5, 5.41) is 12.3. The fourth-order valence-electron chi connectivity index (χ4n) is 4.70. The van der Waals surface area contributed by atoms with Crippen molar-refractivity contribution in [2.45, 2.75) is 38.3 Å². The molecule has 0 radical (unpaired) electrons. The van der Waals surface area contributed by atoms with Crippen LogP contribution in [-0.4, -0.2) is 126 Å². The molecule has 2 aliphatic rings. The number of amides is 3. The minimum atomic E-state index is -1.20. The van der Waals surface area contributed by atoms with Crippen molar-refractivity contribution in [3.63, 3.8) is 0 Å². The maximum absolute atomic E-state index is 13.7. The van der Waals surface area contributed by atoms with E-state index in [2.05, 4.69) is 15.2 Å². The summed E-state index contributed by atoms with van der Waals surface area (Å²) in [5.41, 5.74) is 1.04. The number of aliphatic carboxylic acids is 1. The van der Waals surface area contributed by atoms with Gasteiger partial charge in [-0.25, -0.2) is 0 Å². The minimum Gasteiger partial charge on any atom is -0.480 e. The van der Waals surface area contributed by atoms with Crippen LogP contribution in [-0.2, 0) is 28.7 Å². The van der Waals surface area contributed by atoms with Gasteiger partial charge in [0.05, 0.1) is 26.0 Å². The van der Waals surface area contributed by atoms with Crippen molar-refractivity contribution in [3.05, 3.63) is 24.5 Å². The Labute approximate surface area is 221 Å². The summed E-state index contributed by atoms with van der Waals surface area (Å²) >= 11 is 0. The molecule has 3 rings (SSSR count). The number of rotatable bonds is 11. The van der Waals surface area contributed by atoms with Gasteiger partial charge in [0, 0.05) is 57.3 Å². The number of methoxy groups -OCH3 is 1. The first-order valence-electron chi connectivity index (χ1n) is 12.8. The minimum absolute atomic E-state index is 0.0138. The molecule has 2 atom stereocenters. The highest BCUT2D eigenvalue weighted by molar-refractivity contribution is 5.96. The number of hydrogen-bond acceptors (Lipinski definition) is 9. The highest BCUT2D eigenvalue weighted by Crippen LogP contribution is 2.19. The number of pyridine rings is 1. The van der Waals surface area contributed by atoms with E-state index in [1.54, 1.807) is 17.3 Å². The fraction of sp³-hybridized carbons (Fsp3) is 0.600. The molecule has 2 aliphatic heterocycles. The van der Waals surface area contributed by atoms with E-state index in [4.69, 9.17) is 9.84 Å². The Morgan fingerprint density at radius 3 is 2.39 bits per heavy atom. The van der Waals surface area contributed by atoms with E-state index < -0.39 is 48.8 Å². The predicted molar refractivity (Wildman–Crippen MR) is 136 cm³/mol. The third-order valence-corrected chi connectivity index (χ3v) is 6.76. The van der Waals surface area contributed by atoms with Crippen LogP contribution in [0.3, 0.4) is 0 Å². The molecule has 0 saturated carbocycles. The standard InChI is InChI=1S/C25H36N6O7/c1-3-6-27-19(15-21(32)29-11-9-28(10-12-29)18-4-7-26-8-5-18)24(36)31-14-13-30(17-22(33)34)25(37)20(31)16-23(35)38-2/h4-5,7-8,19-20,27H,3,6,9-17H2,1-2H3,(H,33,34)/t19-,20+/m1/s1. The summed E-state index contributed by atoms with van der Waals surface area (Å²) in [5.74, 6) is -3.17. The molecule has 1 aromatic heterocycles. The molecule has 0 unspecified atom stereocenters. The summed E-state index contributed by atoms with van der Waals surface area (Å²) in [6.07, 6.45) is 3.68. The van der Waals surface area contributed by atoms with Gasteiger partial charge in [-0.15, -0.1) is 0 Å². The number of hydrogen-bond donors (Lipinski definition) is 2. The van der Waals surface area contributed by atoms with Gasteiger partial charge in [-0.1, -0.05) is 6.92 Å². The normalized spacial score (nSPS) is 18.8. The molecule has 13 nitrogen and oxygen atoms in total. The Morgan fingerprint density at radius 1 is 1.11 bits per heavy atom. The summed E-state index contributed by atoms with van der Waals surface area (Å²) in [6.45, 7) is 4.26. The maximum Gasteiger partial charge on any atom is 0.323 e. The van der Waals surface area contributed by atoms with Crippen molar-refractivity contribution in [2.24, 2.45) is 0 Å². The molecule has 0 spiro atoms. The highest BCUT2D eigenvalue weighted by atomic mass is 16.5. The van der Waals surface area contributed by atoms with Gasteiger partial charge in [0.1, 0.15) is 12.6 Å². The van der Waals surface area contributed by atoms with Gasteiger partial charge in [0.25, 0.3) is 0 Å². The monoisotopic (exact) mass is 532 g/mol. The zero-order valence-corrected chi connectivity index (χ0v) is 21.9. The number of carbonyl (C=O) groups is 5. The fourth-order valence-corrected chi connectivity index (χ4v) is 4.70. The summed E-state index contributed by atoms with van der Waals surface area (Å²) in [6, 6.07) is 1.75. The Bertz CT molecular complexity index is 999. The molecular formula is C25H36N6O7. The molecule has 0 aliphatic carbocycles. The van der Waals surface area contributed by atoms with Crippen molar-refractivity contribution < 1.29 is 33.8 Å². The van der Waals surface area contributed by atoms with Crippen LogP contribution in [0.25, 0.3) is 0 Å². The van der Waals surface area contributed by atoms with Crippen LogP contribution in [0.1, 0.15) is 26.2 Å². The molecule has 2 N–H and O–H groups in total. The number of esters is 1. The molecule has 0 bridgehead atoms. The smallest absolute Gasteiger partial charge is 0.323 e. The van der Waals surface area contributed by atoms with Crippen LogP contribution >= 0.6 is 0 Å². The van der Waals surface area contributed by atoms with E-state index in [9.17, 15) is 24.0 Å². The van der Waals surface area contributed by atoms with Crippen molar-refractivity contribution >= 4 is 35.3 Å². The van der Waals surface area contributed by atoms with Crippen molar-refractivity contribution in [1.29, 1.82) is 0 Å². The molecule has 1 aromatic rings. The Balaban J connectivity index is 1.69. The number of carboxylic acids is 1. The first-order valence-corrected chi connectivity index (χ1v) is 12.8. The summed E-state index contributed by atoms with van der Waals surface area (Å²) in [4.78, 5) is 73.5. The third-order valence-electron chi connectivity index (χ3n) is 6.76. The second kappa shape index (κ2) is 13.7. The summed E-state index contributed by atoms with van der Waals surface area (Å²) < 4.78 is 4.71. The van der Waals surface area contributed by atoms with Gasteiger partial charge in [-0.3, -0.25) is 29.0 Å². The lowest BCUT2D eigenvalue weighted by Crippen LogP contribution is -2.63. The highest BCUT2D eigenvalue weighted by Gasteiger charge is 2.42. The average Bonchev–Trinajstić information content (AvgIpc) is 2.93. The van der Waals surface area contributed by atoms with Crippen LogP contribution in [0.4, 0.5) is 5.69 Å². The predicted octanol–water partition coefficient (Wildman–Crippen LogP) is -0.824. The van der Waals surface area contributed by atoms with Gasteiger partial charge in [-0.2, -0.15) is 0 Å². The number of nitrogens with zero attached hydrogens (tertiary/aromatic N) is 5. The van der Waals surface area contributed by atoms with Crippen molar-refractivity contribution in [2.75, 3.05) is 64.4 Å². The number of anilines is 1. The lowest BCUT2D eigenvalue weighted by molar-refractivity contribution is -0.160. The Hall–Kier alpha value is -3.74. The number of nitrogens with one attached hydrogen (secondary N) is 1. The topological polar surface area (TPSA) is 153 Å². The van der Waals surface area contributed by atoms with Crippen molar-refractivity contribution in [3.8, 4) is 0 Å². The first kappa shape index (κ1) is 28.8. The molecule has 2 saturated heterocycles. The first-order chi connectivity index (χ1) is 18.2. The molecule has 208 valence electrons.